The highest BCUT2D eigenvalue weighted by Gasteiger charge is 2.10. The summed E-state index contributed by atoms with van der Waals surface area (Å²) in [6.45, 7) is 2.12. The van der Waals surface area contributed by atoms with Gasteiger partial charge in [-0.25, -0.2) is 4.79 Å². The van der Waals surface area contributed by atoms with Crippen LogP contribution in [0.4, 0.5) is 5.69 Å². The summed E-state index contributed by atoms with van der Waals surface area (Å²) < 4.78 is 10.6. The van der Waals surface area contributed by atoms with Gasteiger partial charge in [-0.05, 0) is 30.7 Å². The molecule has 0 aliphatic carbocycles. The van der Waals surface area contributed by atoms with Crippen molar-refractivity contribution in [3.05, 3.63) is 69.8 Å². The van der Waals surface area contributed by atoms with Crippen LogP contribution in [0.3, 0.4) is 0 Å². The first-order valence-electron chi connectivity index (χ1n) is 7.34. The standard InChI is InChI=1S/C18H14N2O5/c1-2-24-17-11-14(12-19)6-8-16(17)25-18(21)9-7-13-4-3-5-15(10-13)20(22)23/h3-11H,2H2,1H3/b9-7+. The molecule has 0 aromatic heterocycles. The van der Waals surface area contributed by atoms with E-state index in [2.05, 4.69) is 0 Å². The van der Waals surface area contributed by atoms with Gasteiger partial charge in [0.25, 0.3) is 5.69 Å². The molecule has 2 aromatic rings. The molecule has 7 nitrogen and oxygen atoms in total. The number of nitro benzene ring substituents is 1. The summed E-state index contributed by atoms with van der Waals surface area (Å²) >= 11 is 0. The second kappa shape index (κ2) is 8.26. The second-order valence-electron chi connectivity index (χ2n) is 4.81. The molecular weight excluding hydrogens is 324 g/mol. The van der Waals surface area contributed by atoms with E-state index >= 15 is 0 Å². The minimum absolute atomic E-state index is 0.0683. The van der Waals surface area contributed by atoms with Crippen LogP contribution < -0.4 is 9.47 Å². The van der Waals surface area contributed by atoms with E-state index in [0.29, 0.717) is 23.5 Å². The maximum Gasteiger partial charge on any atom is 0.336 e. The van der Waals surface area contributed by atoms with Crippen LogP contribution in [0.1, 0.15) is 18.1 Å². The normalized spacial score (nSPS) is 10.2. The fraction of sp³-hybridized carbons (Fsp3) is 0.111. The van der Waals surface area contributed by atoms with Crippen LogP contribution in [0.25, 0.3) is 6.08 Å². The highest BCUT2D eigenvalue weighted by atomic mass is 16.6. The van der Waals surface area contributed by atoms with Crippen LogP contribution in [0.2, 0.25) is 0 Å². The van der Waals surface area contributed by atoms with Crippen molar-refractivity contribution in [2.45, 2.75) is 6.92 Å². The molecule has 0 fully saturated rings. The molecule has 0 spiro atoms. The Morgan fingerprint density at radius 3 is 2.76 bits per heavy atom. The number of carbonyl (C=O) groups is 1. The van der Waals surface area contributed by atoms with Gasteiger partial charge in [-0.3, -0.25) is 10.1 Å². The Balaban J connectivity index is 2.13. The first-order chi connectivity index (χ1) is 12.0. The maximum atomic E-state index is 12.0. The molecule has 25 heavy (non-hydrogen) atoms. The van der Waals surface area contributed by atoms with Gasteiger partial charge in [0, 0.05) is 24.3 Å². The molecule has 0 heterocycles. The molecule has 7 heteroatoms. The largest absolute Gasteiger partial charge is 0.490 e. The van der Waals surface area contributed by atoms with E-state index in [0.717, 1.165) is 6.08 Å². The fourth-order valence-corrected chi connectivity index (χ4v) is 1.98. The van der Waals surface area contributed by atoms with E-state index in [1.54, 1.807) is 13.0 Å². The number of nitro groups is 1. The number of nitriles is 1. The summed E-state index contributed by atoms with van der Waals surface area (Å²) in [5.41, 5.74) is 0.813. The van der Waals surface area contributed by atoms with Gasteiger partial charge in [-0.2, -0.15) is 5.26 Å². The third-order valence-electron chi connectivity index (χ3n) is 3.08. The molecule has 0 saturated heterocycles. The third kappa shape index (κ3) is 4.91. The van der Waals surface area contributed by atoms with Crippen LogP contribution >= 0.6 is 0 Å². The molecule has 0 amide bonds. The van der Waals surface area contributed by atoms with Gasteiger partial charge in [0.05, 0.1) is 23.2 Å². The van der Waals surface area contributed by atoms with Gasteiger partial charge in [0.1, 0.15) is 0 Å². The molecule has 0 atom stereocenters. The molecule has 0 radical (unpaired) electrons. The van der Waals surface area contributed by atoms with Crippen molar-refractivity contribution in [2.75, 3.05) is 6.61 Å². The lowest BCUT2D eigenvalue weighted by atomic mass is 10.2. The number of nitrogens with zero attached hydrogens (tertiary/aromatic N) is 2. The number of hydrogen-bond acceptors (Lipinski definition) is 6. The number of non-ortho nitro benzene ring substituents is 1. The highest BCUT2D eigenvalue weighted by molar-refractivity contribution is 5.89. The third-order valence-corrected chi connectivity index (χ3v) is 3.08. The van der Waals surface area contributed by atoms with Crippen molar-refractivity contribution in [3.63, 3.8) is 0 Å². The van der Waals surface area contributed by atoms with Gasteiger partial charge in [0.15, 0.2) is 11.5 Å². The molecule has 0 unspecified atom stereocenters. The summed E-state index contributed by atoms with van der Waals surface area (Å²) in [5, 5.41) is 19.6. The predicted octanol–water partition coefficient (Wildman–Crippen LogP) is 3.48. The van der Waals surface area contributed by atoms with Gasteiger partial charge >= 0.3 is 5.97 Å². The molecule has 2 rings (SSSR count). The average Bonchev–Trinajstić information content (AvgIpc) is 2.62. The number of rotatable bonds is 6. The summed E-state index contributed by atoms with van der Waals surface area (Å²) in [5.74, 6) is -0.189. The van der Waals surface area contributed by atoms with Gasteiger partial charge < -0.3 is 9.47 Å². The fourth-order valence-electron chi connectivity index (χ4n) is 1.98. The lowest BCUT2D eigenvalue weighted by Gasteiger charge is -2.09. The van der Waals surface area contributed by atoms with Crippen molar-refractivity contribution in [3.8, 4) is 17.6 Å². The number of carbonyl (C=O) groups excluding carboxylic acids is 1. The zero-order valence-corrected chi connectivity index (χ0v) is 13.3. The van der Waals surface area contributed by atoms with Crippen molar-refractivity contribution < 1.29 is 19.2 Å². The van der Waals surface area contributed by atoms with E-state index in [1.807, 2.05) is 6.07 Å². The SMILES string of the molecule is CCOc1cc(C#N)ccc1OC(=O)/C=C/c1cccc([N+](=O)[O-])c1. The minimum Gasteiger partial charge on any atom is -0.490 e. The topological polar surface area (TPSA) is 102 Å². The van der Waals surface area contributed by atoms with Crippen molar-refractivity contribution in [1.29, 1.82) is 5.26 Å². The number of hydrogen-bond donors (Lipinski definition) is 0. The van der Waals surface area contributed by atoms with Gasteiger partial charge in [-0.1, -0.05) is 12.1 Å². The minimum atomic E-state index is -0.669. The van der Waals surface area contributed by atoms with E-state index in [9.17, 15) is 14.9 Å². The van der Waals surface area contributed by atoms with Crippen LogP contribution in [0.5, 0.6) is 11.5 Å². The van der Waals surface area contributed by atoms with Crippen LogP contribution in [0, 0.1) is 21.4 Å². The summed E-state index contributed by atoms with van der Waals surface area (Å²) in [7, 11) is 0. The smallest absolute Gasteiger partial charge is 0.336 e. The molecule has 0 aliphatic rings. The van der Waals surface area contributed by atoms with E-state index < -0.39 is 10.9 Å². The molecule has 0 saturated carbocycles. The Morgan fingerprint density at radius 1 is 1.28 bits per heavy atom. The maximum absolute atomic E-state index is 12.0. The molecule has 0 aliphatic heterocycles. The highest BCUT2D eigenvalue weighted by Crippen LogP contribution is 2.28. The predicted molar refractivity (Wildman–Crippen MR) is 90.1 cm³/mol. The van der Waals surface area contributed by atoms with Crippen molar-refractivity contribution in [2.24, 2.45) is 0 Å². The van der Waals surface area contributed by atoms with Crippen LogP contribution in [-0.2, 0) is 4.79 Å². The molecule has 0 bridgehead atoms. The van der Waals surface area contributed by atoms with Crippen molar-refractivity contribution >= 4 is 17.7 Å². The Labute approximate surface area is 143 Å². The Hall–Kier alpha value is -3.66. The first kappa shape index (κ1) is 17.7. The van der Waals surface area contributed by atoms with E-state index in [-0.39, 0.29) is 11.4 Å². The Kier molecular flexibility index (Phi) is 5.85. The summed E-state index contributed by atoms with van der Waals surface area (Å²) in [6.07, 6.45) is 2.58. The summed E-state index contributed by atoms with van der Waals surface area (Å²) in [6, 6.07) is 12.3. The lowest BCUT2D eigenvalue weighted by molar-refractivity contribution is -0.384. The monoisotopic (exact) mass is 338 g/mol. The van der Waals surface area contributed by atoms with Crippen LogP contribution in [-0.4, -0.2) is 17.5 Å². The van der Waals surface area contributed by atoms with Gasteiger partial charge in [0.2, 0.25) is 0 Å². The molecule has 0 N–H and O–H groups in total. The number of esters is 1. The van der Waals surface area contributed by atoms with E-state index in [1.165, 1.54) is 42.5 Å². The number of ether oxygens (including phenoxy) is 2. The Morgan fingerprint density at radius 2 is 2.08 bits per heavy atom. The van der Waals surface area contributed by atoms with Gasteiger partial charge in [-0.15, -0.1) is 0 Å². The zero-order chi connectivity index (χ0) is 18.2. The average molecular weight is 338 g/mol. The Bertz CT molecular complexity index is 868. The van der Waals surface area contributed by atoms with Crippen LogP contribution in [0.15, 0.2) is 48.5 Å². The second-order valence-corrected chi connectivity index (χ2v) is 4.81. The number of benzene rings is 2. The van der Waals surface area contributed by atoms with Crippen molar-refractivity contribution in [1.82, 2.24) is 0 Å². The zero-order valence-electron chi connectivity index (χ0n) is 13.3. The molecule has 2 aromatic carbocycles. The molecular formula is C18H14N2O5. The van der Waals surface area contributed by atoms with E-state index in [4.69, 9.17) is 14.7 Å². The first-order valence-corrected chi connectivity index (χ1v) is 7.34. The quantitative estimate of drug-likeness (QED) is 0.263. The molecule has 126 valence electrons. The summed E-state index contributed by atoms with van der Waals surface area (Å²) in [4.78, 5) is 22.2. The lowest BCUT2D eigenvalue weighted by Crippen LogP contribution is -2.06.